The topological polar surface area (TPSA) is 59.9 Å². The van der Waals surface area contributed by atoms with Crippen molar-refractivity contribution in [1.29, 1.82) is 0 Å². The quantitative estimate of drug-likeness (QED) is 0.530. The second kappa shape index (κ2) is 9.44. The molecule has 2 aromatic rings. The lowest BCUT2D eigenvalue weighted by atomic mass is 10.2. The minimum absolute atomic E-state index is 0.142. The van der Waals surface area contributed by atoms with Gasteiger partial charge < -0.3 is 9.47 Å². The van der Waals surface area contributed by atoms with Crippen LogP contribution in [0, 0.1) is 6.92 Å². The maximum Gasteiger partial charge on any atom is 0.277 e. The maximum atomic E-state index is 11.8. The molecule has 1 amide bonds. The van der Waals surface area contributed by atoms with Crippen molar-refractivity contribution in [2.24, 2.45) is 5.10 Å². The van der Waals surface area contributed by atoms with Crippen LogP contribution in [0.5, 0.6) is 11.5 Å². The van der Waals surface area contributed by atoms with Gasteiger partial charge in [-0.2, -0.15) is 5.10 Å². The number of benzene rings is 2. The predicted molar refractivity (Wildman–Crippen MR) is 103 cm³/mol. The van der Waals surface area contributed by atoms with Crippen LogP contribution in [-0.4, -0.2) is 25.3 Å². The number of aryl methyl sites for hydroxylation is 1. The number of carbonyl (C=O) groups excluding carboxylic acids is 1. The fraction of sp³-hybridized carbons (Fsp3) is 0.222. The first kappa shape index (κ1) is 19.3. The Labute approximate surface area is 160 Å². The van der Waals surface area contributed by atoms with Gasteiger partial charge >= 0.3 is 0 Å². The average molecular weight is 426 g/mol. The highest BCUT2D eigenvalue weighted by atomic mass is 79.9. The van der Waals surface area contributed by atoms with Crippen molar-refractivity contribution in [1.82, 2.24) is 5.43 Å². The van der Waals surface area contributed by atoms with E-state index in [9.17, 15) is 4.79 Å². The molecule has 5 nitrogen and oxygen atoms in total. The van der Waals surface area contributed by atoms with Crippen LogP contribution in [-0.2, 0) is 4.79 Å². The number of hydrogen-bond acceptors (Lipinski definition) is 4. The van der Waals surface area contributed by atoms with Gasteiger partial charge in [-0.25, -0.2) is 5.43 Å². The molecule has 2 aromatic carbocycles. The number of nitrogens with one attached hydrogen (secondary N) is 1. The molecule has 0 aliphatic rings. The first-order chi connectivity index (χ1) is 12.0. The molecule has 2 rings (SSSR count). The van der Waals surface area contributed by atoms with Gasteiger partial charge in [-0.1, -0.05) is 27.5 Å². The lowest BCUT2D eigenvalue weighted by molar-refractivity contribution is -0.123. The minimum Gasteiger partial charge on any atom is -0.493 e. The number of amides is 1. The van der Waals surface area contributed by atoms with E-state index in [1.807, 2.05) is 32.0 Å². The third kappa shape index (κ3) is 6.07. The number of halogens is 2. The zero-order valence-corrected chi connectivity index (χ0v) is 16.2. The smallest absolute Gasteiger partial charge is 0.277 e. The number of hydrogen-bond donors (Lipinski definition) is 1. The summed E-state index contributed by atoms with van der Waals surface area (Å²) in [7, 11) is 0. The van der Waals surface area contributed by atoms with Crippen LogP contribution < -0.4 is 14.9 Å². The molecule has 1 N–H and O–H groups in total. The number of ether oxygens (including phenoxy) is 2. The Kier molecular flexibility index (Phi) is 7.28. The molecule has 0 aliphatic carbocycles. The lowest BCUT2D eigenvalue weighted by Crippen LogP contribution is -2.24. The molecule has 0 aliphatic heterocycles. The summed E-state index contributed by atoms with van der Waals surface area (Å²) in [6, 6.07) is 10.8. The summed E-state index contributed by atoms with van der Waals surface area (Å²) in [4.78, 5) is 11.8. The van der Waals surface area contributed by atoms with E-state index >= 15 is 0 Å². The van der Waals surface area contributed by atoms with E-state index in [0.29, 0.717) is 23.1 Å². The maximum absolute atomic E-state index is 11.8. The van der Waals surface area contributed by atoms with Gasteiger partial charge in [0.2, 0.25) is 0 Å². The van der Waals surface area contributed by atoms with Gasteiger partial charge in [-0.15, -0.1) is 0 Å². The van der Waals surface area contributed by atoms with E-state index in [4.69, 9.17) is 21.1 Å². The molecule has 0 atom stereocenters. The van der Waals surface area contributed by atoms with Crippen molar-refractivity contribution in [2.45, 2.75) is 13.8 Å². The molecule has 132 valence electrons. The standard InChI is InChI=1S/C18H18BrClN2O3/c1-3-24-17-6-4-14(19)9-13(17)10-21-22-18(23)11-25-16-7-5-15(20)8-12(16)2/h4-10H,3,11H2,1-2H3,(H,22,23)/b21-10+. The van der Waals surface area contributed by atoms with Crippen molar-refractivity contribution in [3.8, 4) is 11.5 Å². The van der Waals surface area contributed by atoms with E-state index in [-0.39, 0.29) is 12.5 Å². The highest BCUT2D eigenvalue weighted by Gasteiger charge is 2.05. The van der Waals surface area contributed by atoms with Crippen LogP contribution in [0.1, 0.15) is 18.1 Å². The normalized spacial score (nSPS) is 10.7. The van der Waals surface area contributed by atoms with Crippen LogP contribution >= 0.6 is 27.5 Å². The summed E-state index contributed by atoms with van der Waals surface area (Å²) < 4.78 is 11.9. The van der Waals surface area contributed by atoms with E-state index in [1.165, 1.54) is 6.21 Å². The molecule has 0 radical (unpaired) electrons. The largest absolute Gasteiger partial charge is 0.493 e. The van der Waals surface area contributed by atoms with Crippen LogP contribution in [0.4, 0.5) is 0 Å². The zero-order chi connectivity index (χ0) is 18.2. The Morgan fingerprint density at radius 2 is 2.00 bits per heavy atom. The summed E-state index contributed by atoms with van der Waals surface area (Å²) in [5, 5.41) is 4.57. The minimum atomic E-state index is -0.362. The highest BCUT2D eigenvalue weighted by Crippen LogP contribution is 2.22. The number of carbonyl (C=O) groups is 1. The fourth-order valence-electron chi connectivity index (χ4n) is 2.03. The van der Waals surface area contributed by atoms with Gasteiger partial charge in [0.15, 0.2) is 6.61 Å². The molecule has 0 spiro atoms. The fourth-order valence-corrected chi connectivity index (χ4v) is 2.64. The van der Waals surface area contributed by atoms with Crippen molar-refractivity contribution >= 4 is 39.7 Å². The molecule has 0 bridgehead atoms. The van der Waals surface area contributed by atoms with Crippen LogP contribution in [0.3, 0.4) is 0 Å². The summed E-state index contributed by atoms with van der Waals surface area (Å²) in [6.45, 7) is 4.17. The summed E-state index contributed by atoms with van der Waals surface area (Å²) in [5.41, 5.74) is 4.05. The lowest BCUT2D eigenvalue weighted by Gasteiger charge is -2.08. The molecule has 0 saturated carbocycles. The van der Waals surface area contributed by atoms with Crippen molar-refractivity contribution in [3.63, 3.8) is 0 Å². The van der Waals surface area contributed by atoms with E-state index in [2.05, 4.69) is 26.5 Å². The molecule has 0 heterocycles. The molecule has 25 heavy (non-hydrogen) atoms. The van der Waals surface area contributed by atoms with Crippen LogP contribution in [0.15, 0.2) is 46.0 Å². The van der Waals surface area contributed by atoms with Crippen molar-refractivity contribution < 1.29 is 14.3 Å². The summed E-state index contributed by atoms with van der Waals surface area (Å²) in [5.74, 6) is 0.935. The second-order valence-corrected chi connectivity index (χ2v) is 6.46. The Morgan fingerprint density at radius 3 is 2.72 bits per heavy atom. The highest BCUT2D eigenvalue weighted by molar-refractivity contribution is 9.10. The average Bonchev–Trinajstić information content (AvgIpc) is 2.56. The molecule has 0 aromatic heterocycles. The van der Waals surface area contributed by atoms with Crippen molar-refractivity contribution in [2.75, 3.05) is 13.2 Å². The molecule has 0 unspecified atom stereocenters. The Morgan fingerprint density at radius 1 is 1.24 bits per heavy atom. The SMILES string of the molecule is CCOc1ccc(Br)cc1/C=N/NC(=O)COc1ccc(Cl)cc1C. The molecule has 0 fully saturated rings. The second-order valence-electron chi connectivity index (χ2n) is 5.11. The van der Waals surface area contributed by atoms with Crippen molar-refractivity contribution in [3.05, 3.63) is 57.0 Å². The monoisotopic (exact) mass is 424 g/mol. The van der Waals surface area contributed by atoms with E-state index in [1.54, 1.807) is 18.2 Å². The van der Waals surface area contributed by atoms with E-state index in [0.717, 1.165) is 15.6 Å². The van der Waals surface area contributed by atoms with Gasteiger partial charge in [0.05, 0.1) is 12.8 Å². The number of rotatable bonds is 7. The van der Waals surface area contributed by atoms with Gasteiger partial charge in [0.25, 0.3) is 5.91 Å². The van der Waals surface area contributed by atoms with Gasteiger partial charge in [-0.05, 0) is 55.8 Å². The molecular formula is C18H18BrClN2O3. The van der Waals surface area contributed by atoms with E-state index < -0.39 is 0 Å². The van der Waals surface area contributed by atoms with Gasteiger partial charge in [0.1, 0.15) is 11.5 Å². The van der Waals surface area contributed by atoms with Gasteiger partial charge in [0, 0.05) is 15.1 Å². The summed E-state index contributed by atoms with van der Waals surface area (Å²) in [6.07, 6.45) is 1.53. The Bertz CT molecular complexity index is 781. The van der Waals surface area contributed by atoms with Crippen LogP contribution in [0.2, 0.25) is 5.02 Å². The molecular weight excluding hydrogens is 408 g/mol. The molecule has 7 heteroatoms. The zero-order valence-electron chi connectivity index (χ0n) is 13.9. The predicted octanol–water partition coefficient (Wildman–Crippen LogP) is 4.34. The number of hydrazone groups is 1. The van der Waals surface area contributed by atoms with Gasteiger partial charge in [-0.3, -0.25) is 4.79 Å². The number of nitrogens with zero attached hydrogens (tertiary/aromatic N) is 1. The Hall–Kier alpha value is -2.05. The van der Waals surface area contributed by atoms with Crippen LogP contribution in [0.25, 0.3) is 0 Å². The third-order valence-corrected chi connectivity index (χ3v) is 3.89. The third-order valence-electron chi connectivity index (χ3n) is 3.16. The summed E-state index contributed by atoms with van der Waals surface area (Å²) >= 11 is 9.28. The first-order valence-corrected chi connectivity index (χ1v) is 8.80. The first-order valence-electron chi connectivity index (χ1n) is 7.62. The molecule has 0 saturated heterocycles. The Balaban J connectivity index is 1.91.